The van der Waals surface area contributed by atoms with Gasteiger partial charge < -0.3 is 10.4 Å². The van der Waals surface area contributed by atoms with E-state index in [-0.39, 0.29) is 0 Å². The highest BCUT2D eigenvalue weighted by Gasteiger charge is 2.46. The van der Waals surface area contributed by atoms with E-state index < -0.39 is 17.4 Å². The molecule has 0 aliphatic heterocycles. The number of carbonyl (C=O) groups is 2. The molecule has 7 heteroatoms. The summed E-state index contributed by atoms with van der Waals surface area (Å²) in [6.07, 6.45) is 3.15. The molecule has 0 aromatic carbocycles. The van der Waals surface area contributed by atoms with Gasteiger partial charge in [0.15, 0.2) is 5.65 Å². The van der Waals surface area contributed by atoms with E-state index in [1.165, 1.54) is 6.20 Å². The van der Waals surface area contributed by atoms with E-state index in [0.29, 0.717) is 24.1 Å². The summed E-state index contributed by atoms with van der Waals surface area (Å²) in [5, 5.41) is 16.1. The van der Waals surface area contributed by atoms with Crippen molar-refractivity contribution in [3.8, 4) is 0 Å². The van der Waals surface area contributed by atoms with E-state index in [4.69, 9.17) is 0 Å². The molecule has 0 spiro atoms. The number of carbonyl (C=O) groups excluding carboxylic acids is 1. The van der Waals surface area contributed by atoms with Crippen LogP contribution in [-0.2, 0) is 4.79 Å². The molecule has 2 heterocycles. The zero-order chi connectivity index (χ0) is 15.2. The van der Waals surface area contributed by atoms with Crippen LogP contribution in [-0.4, -0.2) is 37.1 Å². The van der Waals surface area contributed by atoms with Crippen molar-refractivity contribution in [2.75, 3.05) is 0 Å². The number of carboxylic acids is 1. The van der Waals surface area contributed by atoms with Gasteiger partial charge in [-0.15, -0.1) is 0 Å². The fourth-order valence-corrected chi connectivity index (χ4v) is 2.64. The van der Waals surface area contributed by atoms with Crippen molar-refractivity contribution in [1.29, 1.82) is 0 Å². The molecule has 3 rings (SSSR count). The van der Waals surface area contributed by atoms with Gasteiger partial charge in [0.25, 0.3) is 5.91 Å². The number of hydrogen-bond donors (Lipinski definition) is 2. The van der Waals surface area contributed by atoms with Gasteiger partial charge in [-0.05, 0) is 39.2 Å². The Hall–Kier alpha value is -2.44. The smallest absolute Gasteiger partial charge is 0.329 e. The molecular weight excluding hydrogens is 272 g/mol. The van der Waals surface area contributed by atoms with Gasteiger partial charge in [0.1, 0.15) is 11.1 Å². The molecule has 1 aliphatic rings. The predicted octanol–water partition coefficient (Wildman–Crippen LogP) is 1.08. The Labute approximate surface area is 121 Å². The normalized spacial score (nSPS) is 16.5. The topological polar surface area (TPSA) is 96.6 Å². The average Bonchev–Trinajstić information content (AvgIpc) is 2.76. The molecule has 0 atom stereocenters. The van der Waals surface area contributed by atoms with E-state index in [9.17, 15) is 14.7 Å². The molecule has 2 aromatic heterocycles. The maximum absolute atomic E-state index is 12.4. The molecular formula is C14H16N4O3. The van der Waals surface area contributed by atoms with Crippen molar-refractivity contribution in [3.63, 3.8) is 0 Å². The highest BCUT2D eigenvalue weighted by atomic mass is 16.4. The third-order valence-corrected chi connectivity index (χ3v) is 3.99. The standard InChI is InChI=1S/C14H16N4O3/c1-8-6-9(2)18-11(16-8)10(7-15-18)12(19)17-14(13(20)21)4-3-5-14/h6-7H,3-5H2,1-2H3,(H,17,19)(H,20,21). The molecule has 1 amide bonds. The van der Waals surface area contributed by atoms with Gasteiger partial charge >= 0.3 is 5.97 Å². The van der Waals surface area contributed by atoms with Crippen LogP contribution in [0.4, 0.5) is 0 Å². The molecule has 110 valence electrons. The minimum atomic E-state index is -1.13. The first-order chi connectivity index (χ1) is 9.93. The van der Waals surface area contributed by atoms with Crippen molar-refractivity contribution >= 4 is 17.5 Å². The lowest BCUT2D eigenvalue weighted by molar-refractivity contribution is -0.148. The number of aromatic nitrogens is 3. The quantitative estimate of drug-likeness (QED) is 0.881. The second-order valence-corrected chi connectivity index (χ2v) is 5.53. The van der Waals surface area contributed by atoms with E-state index >= 15 is 0 Å². The van der Waals surface area contributed by atoms with Crippen molar-refractivity contribution in [3.05, 3.63) is 29.2 Å². The molecule has 21 heavy (non-hydrogen) atoms. The minimum Gasteiger partial charge on any atom is -0.480 e. The first-order valence-corrected chi connectivity index (χ1v) is 6.81. The van der Waals surface area contributed by atoms with Crippen molar-refractivity contribution in [2.24, 2.45) is 0 Å². The number of fused-ring (bicyclic) bond motifs is 1. The highest BCUT2D eigenvalue weighted by molar-refractivity contribution is 6.02. The SMILES string of the molecule is Cc1cc(C)n2ncc(C(=O)NC3(C(=O)O)CCC3)c2n1. The number of rotatable bonds is 3. The third-order valence-electron chi connectivity index (χ3n) is 3.99. The summed E-state index contributed by atoms with van der Waals surface area (Å²) in [4.78, 5) is 28.0. The minimum absolute atomic E-state index is 0.300. The monoisotopic (exact) mass is 288 g/mol. The van der Waals surface area contributed by atoms with Gasteiger partial charge in [0.2, 0.25) is 0 Å². The van der Waals surface area contributed by atoms with E-state index in [1.54, 1.807) is 4.52 Å². The number of hydrogen-bond acceptors (Lipinski definition) is 4. The van der Waals surface area contributed by atoms with Crippen molar-refractivity contribution in [2.45, 2.75) is 38.6 Å². The second-order valence-electron chi connectivity index (χ2n) is 5.53. The van der Waals surface area contributed by atoms with Crippen LogP contribution in [0.2, 0.25) is 0 Å². The van der Waals surface area contributed by atoms with Crippen LogP contribution in [0, 0.1) is 13.8 Å². The fourth-order valence-electron chi connectivity index (χ4n) is 2.64. The van der Waals surface area contributed by atoms with Crippen LogP contribution in [0.25, 0.3) is 5.65 Å². The first-order valence-electron chi connectivity index (χ1n) is 6.81. The number of aliphatic carboxylic acids is 1. The third kappa shape index (κ3) is 2.05. The number of carboxylic acid groups (broad SMARTS) is 1. The molecule has 7 nitrogen and oxygen atoms in total. The Morgan fingerprint density at radius 1 is 1.38 bits per heavy atom. The summed E-state index contributed by atoms with van der Waals surface area (Å²) in [6, 6.07) is 1.87. The summed E-state index contributed by atoms with van der Waals surface area (Å²) in [7, 11) is 0. The van der Waals surface area contributed by atoms with E-state index in [2.05, 4.69) is 15.4 Å². The lowest BCUT2D eigenvalue weighted by Crippen LogP contribution is -2.59. The maximum atomic E-state index is 12.4. The molecule has 1 fully saturated rings. The molecule has 0 unspecified atom stereocenters. The molecule has 0 bridgehead atoms. The lowest BCUT2D eigenvalue weighted by atomic mass is 9.76. The molecule has 0 radical (unpaired) electrons. The van der Waals surface area contributed by atoms with Crippen LogP contribution in [0.1, 0.15) is 41.0 Å². The van der Waals surface area contributed by atoms with Gasteiger partial charge in [-0.25, -0.2) is 14.3 Å². The van der Waals surface area contributed by atoms with Gasteiger partial charge in [-0.1, -0.05) is 0 Å². The zero-order valence-corrected chi connectivity index (χ0v) is 11.9. The Kier molecular flexibility index (Phi) is 2.93. The fraction of sp³-hybridized carbons (Fsp3) is 0.429. The number of nitrogens with zero attached hydrogens (tertiary/aromatic N) is 3. The number of amides is 1. The maximum Gasteiger partial charge on any atom is 0.329 e. The first kappa shape index (κ1) is 13.5. The van der Waals surface area contributed by atoms with Gasteiger partial charge in [-0.3, -0.25) is 4.79 Å². The second kappa shape index (κ2) is 4.54. The van der Waals surface area contributed by atoms with E-state index in [1.807, 2.05) is 19.9 Å². The van der Waals surface area contributed by atoms with Crippen LogP contribution in [0.5, 0.6) is 0 Å². The summed E-state index contributed by atoms with van der Waals surface area (Å²) in [5.41, 5.74) is 1.27. The summed E-state index contributed by atoms with van der Waals surface area (Å²) < 4.78 is 1.58. The lowest BCUT2D eigenvalue weighted by Gasteiger charge is -2.38. The Bertz CT molecular complexity index is 746. The molecule has 1 saturated carbocycles. The summed E-state index contributed by atoms with van der Waals surface area (Å²) >= 11 is 0. The number of nitrogens with one attached hydrogen (secondary N) is 1. The van der Waals surface area contributed by atoms with Crippen LogP contribution >= 0.6 is 0 Å². The highest BCUT2D eigenvalue weighted by Crippen LogP contribution is 2.32. The van der Waals surface area contributed by atoms with Crippen molar-refractivity contribution < 1.29 is 14.7 Å². The average molecular weight is 288 g/mol. The van der Waals surface area contributed by atoms with Crippen LogP contribution in [0.15, 0.2) is 12.3 Å². The summed E-state index contributed by atoms with van der Waals surface area (Å²) in [5.74, 6) is -1.43. The molecule has 2 aromatic rings. The van der Waals surface area contributed by atoms with E-state index in [0.717, 1.165) is 17.8 Å². The Balaban J connectivity index is 1.97. The van der Waals surface area contributed by atoms with Gasteiger partial charge in [-0.2, -0.15) is 5.10 Å². The van der Waals surface area contributed by atoms with Gasteiger partial charge in [0.05, 0.1) is 6.20 Å². The van der Waals surface area contributed by atoms with Crippen LogP contribution in [0.3, 0.4) is 0 Å². The van der Waals surface area contributed by atoms with Crippen molar-refractivity contribution in [1.82, 2.24) is 19.9 Å². The van der Waals surface area contributed by atoms with Crippen LogP contribution < -0.4 is 5.32 Å². The largest absolute Gasteiger partial charge is 0.480 e. The molecule has 0 saturated heterocycles. The van der Waals surface area contributed by atoms with Gasteiger partial charge in [0, 0.05) is 11.4 Å². The Morgan fingerprint density at radius 2 is 2.10 bits per heavy atom. The zero-order valence-electron chi connectivity index (χ0n) is 11.9. The number of aryl methyl sites for hydroxylation is 2. The molecule has 2 N–H and O–H groups in total. The predicted molar refractivity (Wildman–Crippen MR) is 74.1 cm³/mol. The Morgan fingerprint density at radius 3 is 2.67 bits per heavy atom. The molecule has 1 aliphatic carbocycles. The summed E-state index contributed by atoms with van der Waals surface area (Å²) in [6.45, 7) is 3.72.